The maximum absolute atomic E-state index is 13.3. The summed E-state index contributed by atoms with van der Waals surface area (Å²) in [6.07, 6.45) is 3.94. The third-order valence-corrected chi connectivity index (χ3v) is 6.22. The third kappa shape index (κ3) is 3.07. The Morgan fingerprint density at radius 2 is 2.00 bits per heavy atom. The summed E-state index contributed by atoms with van der Waals surface area (Å²) in [6, 6.07) is 15.2. The van der Waals surface area contributed by atoms with E-state index < -0.39 is 17.7 Å². The molecule has 6 rings (SSSR count). The fourth-order valence-corrected chi connectivity index (χ4v) is 4.68. The molecule has 4 heterocycles. The Kier molecular flexibility index (Phi) is 4.48. The number of fused-ring (bicyclic) bond motifs is 2. The number of aliphatic hydroxyl groups excluding tert-OH is 1. The van der Waals surface area contributed by atoms with Crippen LogP contribution in [0.15, 0.2) is 72.6 Å². The Hall–Kier alpha value is -4.46. The van der Waals surface area contributed by atoms with E-state index >= 15 is 0 Å². The van der Waals surface area contributed by atoms with Gasteiger partial charge in [0.25, 0.3) is 5.78 Å². The summed E-state index contributed by atoms with van der Waals surface area (Å²) in [7, 11) is 0. The number of aromatic amines is 1. The number of carbonyl (C=O) groups is 2. The number of aliphatic hydroxyl groups is 1. The molecule has 2 aromatic heterocycles. The van der Waals surface area contributed by atoms with Gasteiger partial charge in [0.05, 0.1) is 22.6 Å². The van der Waals surface area contributed by atoms with Gasteiger partial charge in [-0.2, -0.15) is 0 Å². The number of H-pyrrole nitrogens is 1. The van der Waals surface area contributed by atoms with Crippen molar-refractivity contribution in [3.05, 3.63) is 89.3 Å². The molecule has 1 saturated heterocycles. The zero-order valence-corrected chi connectivity index (χ0v) is 18.2. The minimum atomic E-state index is -0.891. The van der Waals surface area contributed by atoms with Crippen LogP contribution in [-0.4, -0.2) is 37.9 Å². The second-order valence-electron chi connectivity index (χ2n) is 8.49. The summed E-state index contributed by atoms with van der Waals surface area (Å²) in [4.78, 5) is 39.7. The lowest BCUT2D eigenvalue weighted by Crippen LogP contribution is -2.30. The maximum atomic E-state index is 13.3. The highest BCUT2D eigenvalue weighted by Crippen LogP contribution is 2.42. The number of benzene rings is 2. The zero-order chi connectivity index (χ0) is 23.4. The maximum Gasteiger partial charge on any atom is 0.302 e. The van der Waals surface area contributed by atoms with E-state index in [0.29, 0.717) is 23.1 Å². The second-order valence-corrected chi connectivity index (χ2v) is 8.49. The number of nitrogens with one attached hydrogen (secondary N) is 1. The summed E-state index contributed by atoms with van der Waals surface area (Å²) in [5.41, 5.74) is 3.37. The molecule has 2 unspecified atom stereocenters. The number of nitrogens with zero attached hydrogens (tertiary/aromatic N) is 3. The van der Waals surface area contributed by atoms with Gasteiger partial charge in [-0.15, -0.1) is 0 Å². The number of hydrogen-bond donors (Lipinski definition) is 2. The van der Waals surface area contributed by atoms with Gasteiger partial charge in [-0.05, 0) is 54.4 Å². The smallest absolute Gasteiger partial charge is 0.302 e. The van der Waals surface area contributed by atoms with Gasteiger partial charge in [0.2, 0.25) is 5.95 Å². The SMILES string of the molecule is CC1Cc2cc(/C(O)=C3\C(=O)C(=O)N(c4nc5ccccc5[nH]4)C3c3cccnc3)ccc2O1. The lowest BCUT2D eigenvalue weighted by molar-refractivity contribution is -0.132. The average Bonchev–Trinajstić information content (AvgIpc) is 3.51. The quantitative estimate of drug-likeness (QED) is 0.277. The minimum Gasteiger partial charge on any atom is -0.507 e. The summed E-state index contributed by atoms with van der Waals surface area (Å²) >= 11 is 0. The van der Waals surface area contributed by atoms with Crippen LogP contribution in [0.25, 0.3) is 16.8 Å². The van der Waals surface area contributed by atoms with Gasteiger partial charge >= 0.3 is 5.91 Å². The number of anilines is 1. The summed E-state index contributed by atoms with van der Waals surface area (Å²) < 4.78 is 5.75. The van der Waals surface area contributed by atoms with Crippen molar-refractivity contribution in [2.45, 2.75) is 25.5 Å². The predicted octanol–water partition coefficient (Wildman–Crippen LogP) is 3.91. The number of rotatable bonds is 3. The molecule has 168 valence electrons. The molecule has 0 spiro atoms. The van der Waals surface area contributed by atoms with E-state index in [2.05, 4.69) is 15.0 Å². The first-order chi connectivity index (χ1) is 16.5. The van der Waals surface area contributed by atoms with E-state index in [-0.39, 0.29) is 23.4 Å². The van der Waals surface area contributed by atoms with Gasteiger partial charge < -0.3 is 14.8 Å². The summed E-state index contributed by atoms with van der Waals surface area (Å²) in [5.74, 6) is -0.805. The zero-order valence-electron chi connectivity index (χ0n) is 18.2. The fraction of sp³-hybridized carbons (Fsp3) is 0.154. The van der Waals surface area contributed by atoms with Crippen LogP contribution in [0.3, 0.4) is 0 Å². The number of pyridine rings is 1. The first-order valence-corrected chi connectivity index (χ1v) is 11.0. The molecule has 2 aliphatic rings. The van der Waals surface area contributed by atoms with Crippen LogP contribution in [0.2, 0.25) is 0 Å². The highest BCUT2D eigenvalue weighted by atomic mass is 16.5. The predicted molar refractivity (Wildman–Crippen MR) is 125 cm³/mol. The molecule has 0 aliphatic carbocycles. The van der Waals surface area contributed by atoms with E-state index in [1.807, 2.05) is 37.3 Å². The van der Waals surface area contributed by atoms with Crippen molar-refractivity contribution < 1.29 is 19.4 Å². The molecule has 2 N–H and O–H groups in total. The average molecular weight is 452 g/mol. The Balaban J connectivity index is 1.53. The molecule has 0 radical (unpaired) electrons. The number of carbonyl (C=O) groups excluding carboxylic acids is 2. The van der Waals surface area contributed by atoms with Gasteiger partial charge in [-0.25, -0.2) is 4.98 Å². The molecule has 2 atom stereocenters. The number of ether oxygens (including phenoxy) is 1. The van der Waals surface area contributed by atoms with Crippen molar-refractivity contribution >= 4 is 34.4 Å². The molecule has 8 heteroatoms. The molecule has 2 aliphatic heterocycles. The van der Waals surface area contributed by atoms with Crippen molar-refractivity contribution in [1.82, 2.24) is 15.0 Å². The van der Waals surface area contributed by atoms with Crippen LogP contribution in [0.4, 0.5) is 5.95 Å². The monoisotopic (exact) mass is 452 g/mol. The van der Waals surface area contributed by atoms with Gasteiger partial charge in [0.1, 0.15) is 17.6 Å². The number of hydrogen-bond acceptors (Lipinski definition) is 6. The van der Waals surface area contributed by atoms with Crippen molar-refractivity contribution in [2.75, 3.05) is 4.90 Å². The fourth-order valence-electron chi connectivity index (χ4n) is 4.68. The van der Waals surface area contributed by atoms with Gasteiger partial charge in [-0.1, -0.05) is 18.2 Å². The van der Waals surface area contributed by atoms with Gasteiger partial charge in [-0.3, -0.25) is 19.5 Å². The van der Waals surface area contributed by atoms with E-state index in [0.717, 1.165) is 16.8 Å². The van der Waals surface area contributed by atoms with Crippen molar-refractivity contribution in [1.29, 1.82) is 0 Å². The van der Waals surface area contributed by atoms with Crippen LogP contribution in [0.1, 0.15) is 29.7 Å². The van der Waals surface area contributed by atoms with E-state index in [4.69, 9.17) is 4.74 Å². The van der Waals surface area contributed by atoms with Crippen LogP contribution >= 0.6 is 0 Å². The molecule has 0 bridgehead atoms. The van der Waals surface area contributed by atoms with Crippen molar-refractivity contribution in [3.8, 4) is 5.75 Å². The molecule has 4 aromatic rings. The third-order valence-electron chi connectivity index (χ3n) is 6.22. The molecule has 0 saturated carbocycles. The minimum absolute atomic E-state index is 0.00892. The Labute approximate surface area is 194 Å². The van der Waals surface area contributed by atoms with Crippen molar-refractivity contribution in [3.63, 3.8) is 0 Å². The number of amides is 1. The topological polar surface area (TPSA) is 108 Å². The van der Waals surface area contributed by atoms with Crippen molar-refractivity contribution in [2.24, 2.45) is 0 Å². The van der Waals surface area contributed by atoms with E-state index in [9.17, 15) is 14.7 Å². The van der Waals surface area contributed by atoms with Gasteiger partial charge in [0.15, 0.2) is 0 Å². The number of aromatic nitrogens is 3. The first kappa shape index (κ1) is 20.2. The van der Waals surface area contributed by atoms with Crippen LogP contribution in [-0.2, 0) is 16.0 Å². The summed E-state index contributed by atoms with van der Waals surface area (Å²) in [5, 5.41) is 11.3. The summed E-state index contributed by atoms with van der Waals surface area (Å²) in [6.45, 7) is 1.97. The largest absolute Gasteiger partial charge is 0.507 e. The van der Waals surface area contributed by atoms with E-state index in [1.165, 1.54) is 4.90 Å². The van der Waals surface area contributed by atoms with E-state index in [1.54, 1.807) is 36.7 Å². The molecule has 2 aromatic carbocycles. The standard InChI is InChI=1S/C26H20N4O4/c1-14-11-17-12-15(8-9-20(17)34-14)23(31)21-22(16-5-4-10-27-13-16)30(25(33)24(21)32)26-28-18-6-2-3-7-19(18)29-26/h2-10,12-14,22,31H,11H2,1H3,(H,28,29)/b23-21+. The van der Waals surface area contributed by atoms with Crippen LogP contribution in [0, 0.1) is 0 Å². The Morgan fingerprint density at radius 3 is 2.79 bits per heavy atom. The molecule has 1 amide bonds. The number of para-hydroxylation sites is 2. The normalized spacial score (nSPS) is 21.1. The Morgan fingerprint density at radius 1 is 1.15 bits per heavy atom. The van der Waals surface area contributed by atoms with Crippen LogP contribution < -0.4 is 9.64 Å². The van der Waals surface area contributed by atoms with Crippen LogP contribution in [0.5, 0.6) is 5.75 Å². The number of imidazole rings is 1. The van der Waals surface area contributed by atoms with Gasteiger partial charge in [0, 0.05) is 24.4 Å². The lowest BCUT2D eigenvalue weighted by Gasteiger charge is -2.22. The molecular formula is C26H20N4O4. The number of Topliss-reactive ketones (excluding diaryl/α,β-unsaturated/α-hetero) is 1. The lowest BCUT2D eigenvalue weighted by atomic mass is 9.95. The molecule has 34 heavy (non-hydrogen) atoms. The molecule has 8 nitrogen and oxygen atoms in total. The number of ketones is 1. The molecular weight excluding hydrogens is 432 g/mol. The Bertz CT molecular complexity index is 1460. The highest BCUT2D eigenvalue weighted by Gasteiger charge is 2.48. The molecule has 1 fully saturated rings. The highest BCUT2D eigenvalue weighted by molar-refractivity contribution is 6.51. The second kappa shape index (κ2) is 7.55. The first-order valence-electron chi connectivity index (χ1n) is 11.0.